The molecule has 18 heavy (non-hydrogen) atoms. The second kappa shape index (κ2) is 5.11. The zero-order chi connectivity index (χ0) is 13.3. The third-order valence-corrected chi connectivity index (χ3v) is 4.79. The summed E-state index contributed by atoms with van der Waals surface area (Å²) in [6, 6.07) is 6.44. The number of hydrogen-bond acceptors (Lipinski definition) is 1. The normalized spacial score (nSPS) is 28.4. The molecule has 0 N–H and O–H groups in total. The standard InChI is InChI=1S/C13H14BrF3O/c1-8-9(6-7-11(8)14)10-4-2-3-5-12(10)18-13(15,16)17/h2-5,8-9,11H,6-7H2,1H3. The lowest BCUT2D eigenvalue weighted by molar-refractivity contribution is -0.275. The average Bonchev–Trinajstić information content (AvgIpc) is 2.59. The lowest BCUT2D eigenvalue weighted by atomic mass is 9.89. The molecule has 1 saturated carbocycles. The molecule has 0 aliphatic heterocycles. The predicted octanol–water partition coefficient (Wildman–Crippen LogP) is 4.86. The topological polar surface area (TPSA) is 9.23 Å². The first-order chi connectivity index (χ1) is 8.38. The van der Waals surface area contributed by atoms with E-state index in [1.165, 1.54) is 6.07 Å². The van der Waals surface area contributed by atoms with Crippen LogP contribution in [0.1, 0.15) is 31.2 Å². The van der Waals surface area contributed by atoms with E-state index < -0.39 is 6.36 Å². The highest BCUT2D eigenvalue weighted by molar-refractivity contribution is 9.09. The van der Waals surface area contributed by atoms with E-state index in [9.17, 15) is 13.2 Å². The summed E-state index contributed by atoms with van der Waals surface area (Å²) in [7, 11) is 0. The van der Waals surface area contributed by atoms with Gasteiger partial charge in [0, 0.05) is 4.83 Å². The van der Waals surface area contributed by atoms with E-state index in [1.807, 2.05) is 0 Å². The fourth-order valence-corrected chi connectivity index (χ4v) is 3.19. The lowest BCUT2D eigenvalue weighted by Crippen LogP contribution is -2.19. The number of halogens is 4. The third-order valence-electron chi connectivity index (χ3n) is 3.50. The highest BCUT2D eigenvalue weighted by Crippen LogP contribution is 2.46. The number of rotatable bonds is 2. The van der Waals surface area contributed by atoms with Crippen molar-refractivity contribution in [2.75, 3.05) is 0 Å². The van der Waals surface area contributed by atoms with Crippen molar-refractivity contribution in [3.63, 3.8) is 0 Å². The maximum Gasteiger partial charge on any atom is 0.573 e. The molecule has 5 heteroatoms. The molecular formula is C13H14BrF3O. The number of hydrogen-bond donors (Lipinski definition) is 0. The Morgan fingerprint density at radius 3 is 2.44 bits per heavy atom. The second-order valence-electron chi connectivity index (χ2n) is 4.64. The van der Waals surface area contributed by atoms with Gasteiger partial charge in [0.05, 0.1) is 0 Å². The zero-order valence-corrected chi connectivity index (χ0v) is 11.5. The van der Waals surface area contributed by atoms with Gasteiger partial charge >= 0.3 is 6.36 Å². The van der Waals surface area contributed by atoms with Crippen molar-refractivity contribution < 1.29 is 17.9 Å². The monoisotopic (exact) mass is 322 g/mol. The van der Waals surface area contributed by atoms with Crippen LogP contribution >= 0.6 is 15.9 Å². The molecule has 0 heterocycles. The fourth-order valence-electron chi connectivity index (χ4n) is 2.56. The summed E-state index contributed by atoms with van der Waals surface area (Å²) in [6.07, 6.45) is -2.77. The van der Waals surface area contributed by atoms with Gasteiger partial charge in [-0.15, -0.1) is 13.2 Å². The minimum absolute atomic E-state index is 0.0662. The molecule has 0 spiro atoms. The molecule has 100 valence electrons. The Hall–Kier alpha value is -0.710. The van der Waals surface area contributed by atoms with Crippen LogP contribution in [-0.2, 0) is 0 Å². The Kier molecular flexibility index (Phi) is 3.90. The third kappa shape index (κ3) is 2.99. The minimum atomic E-state index is -4.63. The largest absolute Gasteiger partial charge is 0.573 e. The summed E-state index contributed by atoms with van der Waals surface area (Å²) in [6.45, 7) is 2.06. The summed E-state index contributed by atoms with van der Waals surface area (Å²) in [5.41, 5.74) is 0.657. The summed E-state index contributed by atoms with van der Waals surface area (Å²) < 4.78 is 41.2. The van der Waals surface area contributed by atoms with Crippen molar-refractivity contribution in [2.45, 2.75) is 36.9 Å². The van der Waals surface area contributed by atoms with E-state index in [2.05, 4.69) is 27.6 Å². The zero-order valence-electron chi connectivity index (χ0n) is 9.88. The van der Waals surface area contributed by atoms with Crippen LogP contribution in [0.25, 0.3) is 0 Å². The van der Waals surface area contributed by atoms with Crippen molar-refractivity contribution in [3.8, 4) is 5.75 Å². The van der Waals surface area contributed by atoms with E-state index in [4.69, 9.17) is 0 Å². The molecule has 3 unspecified atom stereocenters. The molecule has 1 aromatic carbocycles. The molecule has 3 atom stereocenters. The van der Waals surface area contributed by atoms with Gasteiger partial charge in [-0.05, 0) is 36.3 Å². The summed E-state index contributed by atoms with van der Waals surface area (Å²) in [5, 5.41) is 0. The molecule has 1 fully saturated rings. The fraction of sp³-hybridized carbons (Fsp3) is 0.538. The first-order valence-electron chi connectivity index (χ1n) is 5.87. The maximum atomic E-state index is 12.4. The SMILES string of the molecule is CC1C(Br)CCC1c1ccccc1OC(F)(F)F. The molecule has 0 bridgehead atoms. The van der Waals surface area contributed by atoms with E-state index in [0.29, 0.717) is 16.3 Å². The average molecular weight is 323 g/mol. The van der Waals surface area contributed by atoms with E-state index >= 15 is 0 Å². The van der Waals surface area contributed by atoms with Gasteiger partial charge in [0.15, 0.2) is 0 Å². The highest BCUT2D eigenvalue weighted by Gasteiger charge is 2.37. The Bertz CT molecular complexity index is 419. The van der Waals surface area contributed by atoms with E-state index in [1.54, 1.807) is 18.2 Å². The van der Waals surface area contributed by atoms with Gasteiger partial charge in [0.2, 0.25) is 0 Å². The molecule has 0 amide bonds. The highest BCUT2D eigenvalue weighted by atomic mass is 79.9. The van der Waals surface area contributed by atoms with Gasteiger partial charge in [0.25, 0.3) is 0 Å². The molecule has 0 radical (unpaired) electrons. The van der Waals surface area contributed by atoms with Crippen LogP contribution in [-0.4, -0.2) is 11.2 Å². The molecule has 2 rings (SSSR count). The smallest absolute Gasteiger partial charge is 0.405 e. The van der Waals surface area contributed by atoms with Crippen LogP contribution in [0.4, 0.5) is 13.2 Å². The molecular weight excluding hydrogens is 309 g/mol. The molecule has 1 aliphatic rings. The van der Waals surface area contributed by atoms with Crippen LogP contribution in [0.5, 0.6) is 5.75 Å². The first-order valence-corrected chi connectivity index (χ1v) is 6.79. The lowest BCUT2D eigenvalue weighted by Gasteiger charge is -2.21. The van der Waals surface area contributed by atoms with Gasteiger partial charge in [-0.3, -0.25) is 0 Å². The molecule has 1 nitrogen and oxygen atoms in total. The number of ether oxygens (including phenoxy) is 1. The summed E-state index contributed by atoms with van der Waals surface area (Å²) >= 11 is 3.56. The van der Waals surface area contributed by atoms with Crippen molar-refractivity contribution in [2.24, 2.45) is 5.92 Å². The van der Waals surface area contributed by atoms with Crippen LogP contribution in [0.2, 0.25) is 0 Å². The first kappa shape index (κ1) is 13.7. The summed E-state index contributed by atoms with van der Waals surface area (Å²) in [4.78, 5) is 0.362. The van der Waals surface area contributed by atoms with E-state index in [0.717, 1.165) is 12.8 Å². The van der Waals surface area contributed by atoms with E-state index in [-0.39, 0.29) is 11.7 Å². The predicted molar refractivity (Wildman–Crippen MR) is 67.0 cm³/mol. The van der Waals surface area contributed by atoms with Crippen molar-refractivity contribution >= 4 is 15.9 Å². The van der Waals surface area contributed by atoms with Gasteiger partial charge in [-0.2, -0.15) is 0 Å². The van der Waals surface area contributed by atoms with Crippen LogP contribution in [0.3, 0.4) is 0 Å². The van der Waals surface area contributed by atoms with Gasteiger partial charge in [-0.1, -0.05) is 41.1 Å². The van der Waals surface area contributed by atoms with Gasteiger partial charge in [0.1, 0.15) is 5.75 Å². The number of alkyl halides is 4. The number of para-hydroxylation sites is 1. The van der Waals surface area contributed by atoms with Crippen LogP contribution in [0.15, 0.2) is 24.3 Å². The Balaban J connectivity index is 2.28. The van der Waals surface area contributed by atoms with Gasteiger partial charge < -0.3 is 4.74 Å². The Labute approximate surface area is 112 Å². The maximum absolute atomic E-state index is 12.4. The van der Waals surface area contributed by atoms with Crippen LogP contribution in [0, 0.1) is 5.92 Å². The summed E-state index contributed by atoms with van der Waals surface area (Å²) in [5.74, 6) is 0.361. The quantitative estimate of drug-likeness (QED) is 0.706. The van der Waals surface area contributed by atoms with Crippen molar-refractivity contribution in [3.05, 3.63) is 29.8 Å². The Morgan fingerprint density at radius 2 is 1.89 bits per heavy atom. The Morgan fingerprint density at radius 1 is 1.22 bits per heavy atom. The van der Waals surface area contributed by atoms with Gasteiger partial charge in [-0.25, -0.2) is 0 Å². The second-order valence-corrected chi connectivity index (χ2v) is 5.82. The van der Waals surface area contributed by atoms with Crippen molar-refractivity contribution in [1.29, 1.82) is 0 Å². The molecule has 0 aromatic heterocycles. The van der Waals surface area contributed by atoms with Crippen molar-refractivity contribution in [1.82, 2.24) is 0 Å². The molecule has 1 aromatic rings. The number of benzene rings is 1. The van der Waals surface area contributed by atoms with Crippen LogP contribution < -0.4 is 4.74 Å². The molecule has 0 saturated heterocycles. The molecule has 1 aliphatic carbocycles. The minimum Gasteiger partial charge on any atom is -0.405 e.